The maximum absolute atomic E-state index is 11.3. The summed E-state index contributed by atoms with van der Waals surface area (Å²) in [6.45, 7) is 11.1. The first kappa shape index (κ1) is 19.0. The molecule has 0 aliphatic rings. The summed E-state index contributed by atoms with van der Waals surface area (Å²) in [4.78, 5) is 19.1. The Hall–Kier alpha value is -2.82. The lowest BCUT2D eigenvalue weighted by atomic mass is 9.87. The van der Waals surface area contributed by atoms with Crippen LogP contribution in [0.2, 0.25) is 0 Å². The first-order valence-corrected chi connectivity index (χ1v) is 9.18. The van der Waals surface area contributed by atoms with Crippen LogP contribution >= 0.6 is 0 Å². The summed E-state index contributed by atoms with van der Waals surface area (Å²) in [5.74, 6) is -0.131. The predicted octanol–water partition coefficient (Wildman–Crippen LogP) is 4.86. The van der Waals surface area contributed by atoms with Crippen molar-refractivity contribution >= 4 is 16.9 Å². The van der Waals surface area contributed by atoms with E-state index in [0.29, 0.717) is 13.0 Å². The van der Waals surface area contributed by atoms with Crippen molar-refractivity contribution in [3.8, 4) is 5.75 Å². The number of nitrogens with one attached hydrogen (secondary N) is 1. The lowest BCUT2D eigenvalue weighted by Crippen LogP contribution is -2.14. The molecule has 2 N–H and O–H groups in total. The SMILES string of the molecule is CCOc1cc2[nH]c(C(C)(C)C)c(Cc3cccc(C(=O)O)n3)c2cc1C. The van der Waals surface area contributed by atoms with Crippen LogP contribution in [0.25, 0.3) is 10.9 Å². The van der Waals surface area contributed by atoms with Gasteiger partial charge in [-0.3, -0.25) is 0 Å². The highest BCUT2D eigenvalue weighted by molar-refractivity contribution is 5.88. The molecule has 0 saturated heterocycles. The second-order valence-corrected chi connectivity index (χ2v) is 7.82. The number of aromatic nitrogens is 2. The van der Waals surface area contributed by atoms with Crippen LogP contribution in [0.1, 0.15) is 60.7 Å². The summed E-state index contributed by atoms with van der Waals surface area (Å²) < 4.78 is 5.74. The van der Waals surface area contributed by atoms with Crippen molar-refractivity contribution < 1.29 is 14.6 Å². The molecule has 27 heavy (non-hydrogen) atoms. The van der Waals surface area contributed by atoms with Crippen molar-refractivity contribution in [3.05, 3.63) is 58.5 Å². The van der Waals surface area contributed by atoms with Crippen molar-refractivity contribution in [1.82, 2.24) is 9.97 Å². The average Bonchev–Trinajstić information content (AvgIpc) is 2.93. The molecule has 0 aliphatic carbocycles. The molecule has 5 heteroatoms. The fraction of sp³-hybridized carbons (Fsp3) is 0.364. The van der Waals surface area contributed by atoms with Crippen molar-refractivity contribution in [3.63, 3.8) is 0 Å². The van der Waals surface area contributed by atoms with Crippen molar-refractivity contribution in [2.75, 3.05) is 6.61 Å². The van der Waals surface area contributed by atoms with Gasteiger partial charge in [0.25, 0.3) is 0 Å². The molecule has 3 rings (SSSR count). The Balaban J connectivity index is 2.16. The maximum atomic E-state index is 11.3. The Morgan fingerprint density at radius 3 is 2.63 bits per heavy atom. The van der Waals surface area contributed by atoms with Crippen molar-refractivity contribution in [2.45, 2.75) is 46.5 Å². The molecule has 0 bridgehead atoms. The van der Waals surface area contributed by atoms with Gasteiger partial charge in [-0.15, -0.1) is 0 Å². The molecular formula is C22H26N2O3. The second-order valence-electron chi connectivity index (χ2n) is 7.82. The quantitative estimate of drug-likeness (QED) is 0.676. The Labute approximate surface area is 159 Å². The molecular weight excluding hydrogens is 340 g/mol. The number of hydrogen-bond acceptors (Lipinski definition) is 3. The number of aromatic amines is 1. The highest BCUT2D eigenvalue weighted by atomic mass is 16.5. The number of hydrogen-bond donors (Lipinski definition) is 2. The van der Waals surface area contributed by atoms with Gasteiger partial charge in [-0.05, 0) is 43.2 Å². The molecule has 2 aromatic heterocycles. The third-order valence-corrected chi connectivity index (χ3v) is 4.64. The van der Waals surface area contributed by atoms with Crippen LogP contribution in [0, 0.1) is 6.92 Å². The number of ether oxygens (including phenoxy) is 1. The maximum Gasteiger partial charge on any atom is 0.354 e. The van der Waals surface area contributed by atoms with E-state index in [4.69, 9.17) is 4.74 Å². The van der Waals surface area contributed by atoms with Crippen LogP contribution in [0.4, 0.5) is 0 Å². The van der Waals surface area contributed by atoms with Gasteiger partial charge in [0.15, 0.2) is 0 Å². The van der Waals surface area contributed by atoms with Crippen molar-refractivity contribution in [1.29, 1.82) is 0 Å². The van der Waals surface area contributed by atoms with Gasteiger partial charge in [-0.2, -0.15) is 0 Å². The molecule has 0 unspecified atom stereocenters. The average molecular weight is 366 g/mol. The van der Waals surface area contributed by atoms with Gasteiger partial charge >= 0.3 is 5.97 Å². The Morgan fingerprint density at radius 1 is 1.26 bits per heavy atom. The molecule has 0 saturated carbocycles. The largest absolute Gasteiger partial charge is 0.494 e. The van der Waals surface area contributed by atoms with Gasteiger partial charge in [-0.1, -0.05) is 26.8 Å². The molecule has 1 aromatic carbocycles. The first-order chi connectivity index (χ1) is 12.7. The number of pyridine rings is 1. The Bertz CT molecular complexity index is 997. The van der Waals surface area contributed by atoms with E-state index < -0.39 is 5.97 Å². The number of carboxylic acid groups (broad SMARTS) is 1. The predicted molar refractivity (Wildman–Crippen MR) is 107 cm³/mol. The van der Waals surface area contributed by atoms with E-state index in [9.17, 15) is 9.90 Å². The highest BCUT2D eigenvalue weighted by Gasteiger charge is 2.24. The van der Waals surface area contributed by atoms with Gasteiger partial charge in [0.1, 0.15) is 11.4 Å². The van der Waals surface area contributed by atoms with Crippen LogP contribution < -0.4 is 4.74 Å². The monoisotopic (exact) mass is 366 g/mol. The van der Waals surface area contributed by atoms with E-state index in [1.165, 1.54) is 6.07 Å². The number of H-pyrrole nitrogens is 1. The zero-order valence-electron chi connectivity index (χ0n) is 16.5. The smallest absolute Gasteiger partial charge is 0.354 e. The van der Waals surface area contributed by atoms with E-state index in [2.05, 4.69) is 36.8 Å². The number of fused-ring (bicyclic) bond motifs is 1. The molecule has 0 amide bonds. The third-order valence-electron chi connectivity index (χ3n) is 4.64. The van der Waals surface area contributed by atoms with E-state index >= 15 is 0 Å². The van der Waals surface area contributed by atoms with Crippen LogP contribution in [0.5, 0.6) is 5.75 Å². The number of aromatic carboxylic acids is 1. The van der Waals surface area contributed by atoms with Crippen LogP contribution in [-0.2, 0) is 11.8 Å². The van der Waals surface area contributed by atoms with Crippen LogP contribution in [0.3, 0.4) is 0 Å². The van der Waals surface area contributed by atoms with Gasteiger partial charge in [0.2, 0.25) is 0 Å². The fourth-order valence-electron chi connectivity index (χ4n) is 3.40. The lowest BCUT2D eigenvalue weighted by Gasteiger charge is -2.19. The summed E-state index contributed by atoms with van der Waals surface area (Å²) in [5.41, 5.74) is 5.12. The summed E-state index contributed by atoms with van der Waals surface area (Å²) in [6, 6.07) is 9.33. The number of nitrogens with zero attached hydrogens (tertiary/aromatic N) is 1. The minimum Gasteiger partial charge on any atom is -0.494 e. The summed E-state index contributed by atoms with van der Waals surface area (Å²) in [6.07, 6.45) is 0.571. The van der Waals surface area contributed by atoms with Gasteiger partial charge in [-0.25, -0.2) is 9.78 Å². The van der Waals surface area contributed by atoms with E-state index in [1.54, 1.807) is 6.07 Å². The highest BCUT2D eigenvalue weighted by Crippen LogP contribution is 2.35. The summed E-state index contributed by atoms with van der Waals surface area (Å²) in [5, 5.41) is 10.4. The van der Waals surface area contributed by atoms with Crippen LogP contribution in [0.15, 0.2) is 30.3 Å². The van der Waals surface area contributed by atoms with Crippen LogP contribution in [-0.4, -0.2) is 27.7 Å². The van der Waals surface area contributed by atoms with Gasteiger partial charge in [0, 0.05) is 40.2 Å². The Kier molecular flexibility index (Phi) is 4.96. The standard InChI is InChI=1S/C22H26N2O3/c1-6-27-19-12-18-15(10-13(19)2)16(20(24-18)22(3,4)5)11-14-8-7-9-17(23-14)21(25)26/h7-10,12,24H,6,11H2,1-5H3,(H,25,26). The minimum atomic E-state index is -1.01. The molecule has 0 atom stereocenters. The van der Waals surface area contributed by atoms with E-state index in [-0.39, 0.29) is 11.1 Å². The molecule has 5 nitrogen and oxygen atoms in total. The lowest BCUT2D eigenvalue weighted by molar-refractivity contribution is 0.0690. The topological polar surface area (TPSA) is 75.2 Å². The van der Waals surface area contributed by atoms with E-state index in [0.717, 1.165) is 39.2 Å². The summed E-state index contributed by atoms with van der Waals surface area (Å²) >= 11 is 0. The van der Waals surface area contributed by atoms with Gasteiger partial charge < -0.3 is 14.8 Å². The zero-order valence-corrected chi connectivity index (χ0v) is 16.5. The number of benzene rings is 1. The number of aryl methyl sites for hydroxylation is 1. The fourth-order valence-corrected chi connectivity index (χ4v) is 3.40. The molecule has 2 heterocycles. The molecule has 0 aliphatic heterocycles. The van der Waals surface area contributed by atoms with Gasteiger partial charge in [0.05, 0.1) is 6.61 Å². The van der Waals surface area contributed by atoms with Crippen molar-refractivity contribution in [2.24, 2.45) is 0 Å². The third kappa shape index (κ3) is 3.82. The van der Waals surface area contributed by atoms with E-state index in [1.807, 2.05) is 26.0 Å². The molecule has 142 valence electrons. The zero-order chi connectivity index (χ0) is 19.8. The Morgan fingerprint density at radius 2 is 2.00 bits per heavy atom. The number of rotatable bonds is 5. The molecule has 3 aromatic rings. The first-order valence-electron chi connectivity index (χ1n) is 9.18. The number of carbonyl (C=O) groups is 1. The minimum absolute atomic E-state index is 0.0689. The molecule has 0 fully saturated rings. The molecule has 0 spiro atoms. The number of carboxylic acids is 1. The normalized spacial score (nSPS) is 11.7. The molecule has 0 radical (unpaired) electrons. The second kappa shape index (κ2) is 7.06. The summed E-state index contributed by atoms with van der Waals surface area (Å²) in [7, 11) is 0.